The van der Waals surface area contributed by atoms with Gasteiger partial charge in [-0.15, -0.1) is 0 Å². The maximum absolute atomic E-state index is 11.0. The molecule has 0 unspecified atom stereocenters. The third-order valence-electron chi connectivity index (χ3n) is 2.68. The zero-order chi connectivity index (χ0) is 13.1. The van der Waals surface area contributed by atoms with Crippen molar-refractivity contribution in [1.82, 2.24) is 0 Å². The molecule has 0 aliphatic rings. The van der Waals surface area contributed by atoms with Crippen LogP contribution in [0, 0.1) is 5.41 Å². The van der Waals surface area contributed by atoms with Gasteiger partial charge in [0, 0.05) is 6.42 Å². The van der Waals surface area contributed by atoms with Crippen LogP contribution in [-0.4, -0.2) is 29.3 Å². The van der Waals surface area contributed by atoms with Gasteiger partial charge in [0.25, 0.3) is 0 Å². The number of aliphatic carboxylic acids is 2. The van der Waals surface area contributed by atoms with Crippen LogP contribution >= 0.6 is 0 Å². The first-order chi connectivity index (χ1) is 7.91. The van der Waals surface area contributed by atoms with Crippen molar-refractivity contribution in [2.45, 2.75) is 13.3 Å². The lowest BCUT2D eigenvalue weighted by Crippen LogP contribution is -2.38. The van der Waals surface area contributed by atoms with Crippen LogP contribution in [0.25, 0.3) is 0 Å². The molecule has 1 aromatic rings. The van der Waals surface area contributed by atoms with Gasteiger partial charge in [-0.25, -0.2) is 0 Å². The molecule has 0 saturated carbocycles. The lowest BCUT2D eigenvalue weighted by Gasteiger charge is -2.20. The summed E-state index contributed by atoms with van der Waals surface area (Å²) in [5.41, 5.74) is -1.29. The van der Waals surface area contributed by atoms with E-state index in [0.717, 1.165) is 0 Å². The Kier molecular flexibility index (Phi) is 3.73. The number of carboxylic acid groups (broad SMARTS) is 2. The van der Waals surface area contributed by atoms with E-state index in [1.165, 1.54) is 14.0 Å². The lowest BCUT2D eigenvalue weighted by molar-refractivity contribution is -0.163. The fourth-order valence-electron chi connectivity index (χ4n) is 1.47. The summed E-state index contributed by atoms with van der Waals surface area (Å²) >= 11 is 0. The molecule has 2 N–H and O–H groups in total. The van der Waals surface area contributed by atoms with Crippen molar-refractivity contribution in [3.8, 4) is 5.75 Å². The van der Waals surface area contributed by atoms with Gasteiger partial charge in [0.05, 0.1) is 7.11 Å². The Hall–Kier alpha value is -2.04. The second kappa shape index (κ2) is 4.86. The van der Waals surface area contributed by atoms with Gasteiger partial charge in [0.15, 0.2) is 5.41 Å². The minimum absolute atomic E-state index is 0.123. The van der Waals surface area contributed by atoms with Crippen molar-refractivity contribution in [2.24, 2.45) is 5.41 Å². The number of ether oxygens (including phenoxy) is 1. The molecular formula is C12H14O5. The molecule has 1 rings (SSSR count). The van der Waals surface area contributed by atoms with E-state index in [0.29, 0.717) is 11.3 Å². The van der Waals surface area contributed by atoms with Gasteiger partial charge in [-0.3, -0.25) is 9.59 Å². The van der Waals surface area contributed by atoms with Gasteiger partial charge in [-0.05, 0) is 18.6 Å². The molecule has 0 bridgehead atoms. The van der Waals surface area contributed by atoms with Gasteiger partial charge in [-0.2, -0.15) is 0 Å². The third-order valence-corrected chi connectivity index (χ3v) is 2.68. The van der Waals surface area contributed by atoms with Crippen molar-refractivity contribution in [3.05, 3.63) is 29.8 Å². The number of methoxy groups -OCH3 is 1. The average Bonchev–Trinajstić information content (AvgIpc) is 2.29. The summed E-state index contributed by atoms with van der Waals surface area (Å²) in [5.74, 6) is -2.24. The van der Waals surface area contributed by atoms with E-state index in [1.807, 2.05) is 0 Å². The van der Waals surface area contributed by atoms with Crippen LogP contribution in [0.1, 0.15) is 12.5 Å². The monoisotopic (exact) mass is 238 g/mol. The zero-order valence-electron chi connectivity index (χ0n) is 9.64. The SMILES string of the molecule is COc1ccccc1CC(C)(C(=O)O)C(=O)O. The average molecular weight is 238 g/mol. The fourth-order valence-corrected chi connectivity index (χ4v) is 1.47. The molecule has 0 spiro atoms. The number of para-hydroxylation sites is 1. The predicted molar refractivity (Wildman–Crippen MR) is 60.1 cm³/mol. The van der Waals surface area contributed by atoms with Gasteiger partial charge in [0.2, 0.25) is 0 Å². The normalized spacial score (nSPS) is 10.9. The first-order valence-electron chi connectivity index (χ1n) is 5.00. The Bertz CT molecular complexity index is 424. The summed E-state index contributed by atoms with van der Waals surface area (Å²) in [6.07, 6.45) is -0.123. The van der Waals surface area contributed by atoms with Crippen LogP contribution in [0.15, 0.2) is 24.3 Å². The minimum atomic E-state index is -1.85. The van der Waals surface area contributed by atoms with E-state index in [-0.39, 0.29) is 6.42 Å². The van der Waals surface area contributed by atoms with E-state index >= 15 is 0 Å². The smallest absolute Gasteiger partial charge is 0.321 e. The van der Waals surface area contributed by atoms with E-state index < -0.39 is 17.4 Å². The highest BCUT2D eigenvalue weighted by molar-refractivity contribution is 5.98. The van der Waals surface area contributed by atoms with E-state index in [9.17, 15) is 9.59 Å². The Morgan fingerprint density at radius 1 is 1.24 bits per heavy atom. The molecule has 0 fully saturated rings. The highest BCUT2D eigenvalue weighted by Crippen LogP contribution is 2.28. The highest BCUT2D eigenvalue weighted by atomic mass is 16.5. The molecule has 5 heteroatoms. The Balaban J connectivity index is 3.11. The number of hydrogen-bond donors (Lipinski definition) is 2. The molecule has 0 aromatic heterocycles. The molecule has 17 heavy (non-hydrogen) atoms. The van der Waals surface area contributed by atoms with Crippen molar-refractivity contribution < 1.29 is 24.5 Å². The van der Waals surface area contributed by atoms with Crippen LogP contribution in [0.3, 0.4) is 0 Å². The molecule has 0 radical (unpaired) electrons. The summed E-state index contributed by atoms with van der Waals surface area (Å²) in [6, 6.07) is 6.77. The Morgan fingerprint density at radius 2 is 1.76 bits per heavy atom. The molecule has 0 heterocycles. The summed E-state index contributed by atoms with van der Waals surface area (Å²) in [5, 5.41) is 18.0. The topological polar surface area (TPSA) is 83.8 Å². The summed E-state index contributed by atoms with van der Waals surface area (Å²) in [7, 11) is 1.46. The largest absolute Gasteiger partial charge is 0.496 e. The van der Waals surface area contributed by atoms with Crippen molar-refractivity contribution in [3.63, 3.8) is 0 Å². The van der Waals surface area contributed by atoms with Gasteiger partial charge in [-0.1, -0.05) is 18.2 Å². The van der Waals surface area contributed by atoms with E-state index in [4.69, 9.17) is 14.9 Å². The first kappa shape index (κ1) is 13.0. The van der Waals surface area contributed by atoms with Crippen molar-refractivity contribution >= 4 is 11.9 Å². The van der Waals surface area contributed by atoms with Crippen LogP contribution in [0.2, 0.25) is 0 Å². The second-order valence-corrected chi connectivity index (χ2v) is 3.93. The third kappa shape index (κ3) is 2.55. The van der Waals surface area contributed by atoms with Crippen LogP contribution in [0.5, 0.6) is 5.75 Å². The number of rotatable bonds is 5. The molecule has 0 saturated heterocycles. The minimum Gasteiger partial charge on any atom is -0.496 e. The Morgan fingerprint density at radius 3 is 2.24 bits per heavy atom. The van der Waals surface area contributed by atoms with Crippen LogP contribution < -0.4 is 4.74 Å². The lowest BCUT2D eigenvalue weighted by atomic mass is 9.83. The van der Waals surface area contributed by atoms with E-state index in [2.05, 4.69) is 0 Å². The molecule has 0 aliphatic heterocycles. The Labute approximate surface area is 98.6 Å². The second-order valence-electron chi connectivity index (χ2n) is 3.93. The molecule has 0 atom stereocenters. The molecule has 5 nitrogen and oxygen atoms in total. The van der Waals surface area contributed by atoms with Crippen LogP contribution in [-0.2, 0) is 16.0 Å². The fraction of sp³-hybridized carbons (Fsp3) is 0.333. The summed E-state index contributed by atoms with van der Waals surface area (Å²) in [6.45, 7) is 1.18. The molecule has 1 aromatic carbocycles. The maximum Gasteiger partial charge on any atom is 0.321 e. The van der Waals surface area contributed by atoms with Gasteiger partial charge >= 0.3 is 11.9 Å². The zero-order valence-corrected chi connectivity index (χ0v) is 9.64. The van der Waals surface area contributed by atoms with Gasteiger partial charge < -0.3 is 14.9 Å². The van der Waals surface area contributed by atoms with Crippen molar-refractivity contribution in [1.29, 1.82) is 0 Å². The highest BCUT2D eigenvalue weighted by Gasteiger charge is 2.42. The number of hydrogen-bond acceptors (Lipinski definition) is 3. The molecule has 92 valence electrons. The summed E-state index contributed by atoms with van der Waals surface area (Å²) < 4.78 is 5.06. The van der Waals surface area contributed by atoms with Crippen LogP contribution in [0.4, 0.5) is 0 Å². The standard InChI is InChI=1S/C12H14O5/c1-12(10(13)14,11(15)16)7-8-5-3-4-6-9(8)17-2/h3-6H,7H2,1-2H3,(H,13,14)(H,15,16). The molecule has 0 aliphatic carbocycles. The van der Waals surface area contributed by atoms with Crippen molar-refractivity contribution in [2.75, 3.05) is 7.11 Å². The molecule has 0 amide bonds. The quantitative estimate of drug-likeness (QED) is 0.758. The predicted octanol–water partition coefficient (Wildman–Crippen LogP) is 1.41. The van der Waals surface area contributed by atoms with E-state index in [1.54, 1.807) is 24.3 Å². The number of carboxylic acids is 2. The number of benzene rings is 1. The van der Waals surface area contributed by atoms with Gasteiger partial charge in [0.1, 0.15) is 5.75 Å². The maximum atomic E-state index is 11.0. The first-order valence-corrected chi connectivity index (χ1v) is 5.00. The summed E-state index contributed by atoms with van der Waals surface area (Å²) in [4.78, 5) is 22.1. The number of carbonyl (C=O) groups is 2. The molecular weight excluding hydrogens is 224 g/mol.